The molecule has 6 N–H and O–H groups in total. The summed E-state index contributed by atoms with van der Waals surface area (Å²) in [5.74, 6) is -2.44. The van der Waals surface area contributed by atoms with Crippen LogP contribution in [0.4, 0.5) is 4.79 Å². The smallest absolute Gasteiger partial charge is 0.407 e. The second-order valence-corrected chi connectivity index (χ2v) is 5.73. The zero-order chi connectivity index (χ0) is 18.8. The van der Waals surface area contributed by atoms with Crippen molar-refractivity contribution in [2.24, 2.45) is 0 Å². The first-order valence-electron chi connectivity index (χ1n) is 7.13. The van der Waals surface area contributed by atoms with Crippen LogP contribution in [-0.2, 0) is 19.1 Å². The SMILES string of the molecule is CC(C)(C)OC(=O)NCC(O)NCC(=O)NCC(=O)NCC(=O)O. The first-order valence-corrected chi connectivity index (χ1v) is 7.13. The fraction of sp³-hybridized carbons (Fsp3) is 0.692. The standard InChI is InChI=1S/C13H24N4O7/c1-13(2,3)24-12(23)17-6-10(20)15-4-8(18)14-5-9(19)16-7-11(21)22/h10,15,20H,4-7H2,1-3H3,(H,14,18)(H,16,19)(H,17,23)(H,21,22). The van der Waals surface area contributed by atoms with Crippen LogP contribution in [0.1, 0.15) is 20.8 Å². The van der Waals surface area contributed by atoms with Gasteiger partial charge >= 0.3 is 12.1 Å². The number of nitrogens with one attached hydrogen (secondary N) is 4. The van der Waals surface area contributed by atoms with Gasteiger partial charge in [-0.1, -0.05) is 0 Å². The van der Waals surface area contributed by atoms with Crippen LogP contribution < -0.4 is 21.3 Å². The second kappa shape index (κ2) is 10.4. The molecule has 24 heavy (non-hydrogen) atoms. The third kappa shape index (κ3) is 13.3. The monoisotopic (exact) mass is 348 g/mol. The summed E-state index contributed by atoms with van der Waals surface area (Å²) in [7, 11) is 0. The molecule has 0 aliphatic carbocycles. The van der Waals surface area contributed by atoms with Gasteiger partial charge in [0.15, 0.2) is 0 Å². The highest BCUT2D eigenvalue weighted by atomic mass is 16.6. The van der Waals surface area contributed by atoms with Crippen molar-refractivity contribution in [1.82, 2.24) is 21.3 Å². The molecule has 0 fully saturated rings. The van der Waals surface area contributed by atoms with Gasteiger partial charge in [0.25, 0.3) is 0 Å². The number of hydrogen-bond acceptors (Lipinski definition) is 7. The Morgan fingerprint density at radius 3 is 2.04 bits per heavy atom. The maximum absolute atomic E-state index is 11.4. The van der Waals surface area contributed by atoms with Crippen LogP contribution in [0.3, 0.4) is 0 Å². The highest BCUT2D eigenvalue weighted by molar-refractivity contribution is 5.87. The Labute approximate surface area is 139 Å². The summed E-state index contributed by atoms with van der Waals surface area (Å²) in [5, 5.41) is 27.0. The Bertz CT molecular complexity index is 462. The lowest BCUT2D eigenvalue weighted by Crippen LogP contribution is -2.47. The highest BCUT2D eigenvalue weighted by Crippen LogP contribution is 2.06. The Hall–Kier alpha value is -2.40. The number of aliphatic hydroxyl groups excluding tert-OH is 1. The average molecular weight is 348 g/mol. The second-order valence-electron chi connectivity index (χ2n) is 5.73. The zero-order valence-electron chi connectivity index (χ0n) is 13.8. The summed E-state index contributed by atoms with van der Waals surface area (Å²) < 4.78 is 4.96. The number of carboxylic acids is 1. The molecule has 3 amide bonds. The van der Waals surface area contributed by atoms with Gasteiger partial charge < -0.3 is 30.9 Å². The van der Waals surface area contributed by atoms with E-state index in [1.807, 2.05) is 0 Å². The number of amides is 3. The van der Waals surface area contributed by atoms with Gasteiger partial charge in [0, 0.05) is 0 Å². The van der Waals surface area contributed by atoms with Crippen LogP contribution in [0, 0.1) is 0 Å². The lowest BCUT2D eigenvalue weighted by atomic mass is 10.2. The fourth-order valence-corrected chi connectivity index (χ4v) is 1.25. The molecule has 0 rings (SSSR count). The van der Waals surface area contributed by atoms with Gasteiger partial charge in [0.05, 0.1) is 19.6 Å². The van der Waals surface area contributed by atoms with Gasteiger partial charge in [-0.25, -0.2) is 4.79 Å². The van der Waals surface area contributed by atoms with Crippen LogP contribution >= 0.6 is 0 Å². The Balaban J connectivity index is 3.84. The maximum atomic E-state index is 11.4. The van der Waals surface area contributed by atoms with Crippen molar-refractivity contribution >= 4 is 23.9 Å². The summed E-state index contributed by atoms with van der Waals surface area (Å²) in [6, 6.07) is 0. The first kappa shape index (κ1) is 21.6. The van der Waals surface area contributed by atoms with Crippen molar-refractivity contribution in [3.05, 3.63) is 0 Å². The van der Waals surface area contributed by atoms with E-state index >= 15 is 0 Å². The van der Waals surface area contributed by atoms with Crippen molar-refractivity contribution in [3.63, 3.8) is 0 Å². The molecule has 0 aromatic rings. The molecule has 11 heteroatoms. The molecule has 0 heterocycles. The third-order valence-corrected chi connectivity index (χ3v) is 2.22. The lowest BCUT2D eigenvalue weighted by molar-refractivity contribution is -0.137. The number of aliphatic hydroxyl groups is 1. The molecule has 0 aromatic carbocycles. The van der Waals surface area contributed by atoms with E-state index in [0.29, 0.717) is 0 Å². The molecule has 1 atom stereocenters. The topological polar surface area (TPSA) is 166 Å². The summed E-state index contributed by atoms with van der Waals surface area (Å²) in [4.78, 5) is 44.2. The van der Waals surface area contributed by atoms with Gasteiger partial charge in [-0.2, -0.15) is 0 Å². The predicted octanol–water partition coefficient (Wildman–Crippen LogP) is -2.26. The Morgan fingerprint density at radius 2 is 1.50 bits per heavy atom. The van der Waals surface area contributed by atoms with Crippen molar-refractivity contribution in [3.8, 4) is 0 Å². The van der Waals surface area contributed by atoms with E-state index in [2.05, 4.69) is 21.3 Å². The molecule has 0 aromatic heterocycles. The molecule has 11 nitrogen and oxygen atoms in total. The molecule has 0 bridgehead atoms. The van der Waals surface area contributed by atoms with Crippen molar-refractivity contribution < 1.29 is 34.1 Å². The number of carbonyl (C=O) groups is 4. The Morgan fingerprint density at radius 1 is 0.958 bits per heavy atom. The third-order valence-electron chi connectivity index (χ3n) is 2.22. The predicted molar refractivity (Wildman–Crippen MR) is 81.9 cm³/mol. The Kier molecular flexibility index (Phi) is 9.35. The van der Waals surface area contributed by atoms with E-state index in [-0.39, 0.29) is 19.6 Å². The van der Waals surface area contributed by atoms with Gasteiger partial charge in [0.1, 0.15) is 18.4 Å². The lowest BCUT2D eigenvalue weighted by Gasteiger charge is -2.20. The van der Waals surface area contributed by atoms with Crippen molar-refractivity contribution in [2.45, 2.75) is 32.6 Å². The van der Waals surface area contributed by atoms with Crippen LogP contribution in [0.5, 0.6) is 0 Å². The molecule has 0 spiro atoms. The molecular weight excluding hydrogens is 324 g/mol. The number of ether oxygens (including phenoxy) is 1. The number of rotatable bonds is 9. The van der Waals surface area contributed by atoms with Gasteiger partial charge in [-0.15, -0.1) is 0 Å². The minimum absolute atomic E-state index is 0.179. The minimum Gasteiger partial charge on any atom is -0.480 e. The molecule has 0 saturated carbocycles. The molecule has 0 saturated heterocycles. The number of carboxylic acid groups (broad SMARTS) is 1. The van der Waals surface area contributed by atoms with Crippen molar-refractivity contribution in [2.75, 3.05) is 26.2 Å². The van der Waals surface area contributed by atoms with Gasteiger partial charge in [-0.05, 0) is 20.8 Å². The molecule has 1 unspecified atom stereocenters. The molecule has 138 valence electrons. The molecular formula is C13H24N4O7. The molecule has 0 aliphatic rings. The molecule has 0 aliphatic heterocycles. The summed E-state index contributed by atoms with van der Waals surface area (Å²) in [6.45, 7) is 3.67. The number of carbonyl (C=O) groups excluding carboxylic acids is 3. The maximum Gasteiger partial charge on any atom is 0.407 e. The zero-order valence-corrected chi connectivity index (χ0v) is 13.8. The average Bonchev–Trinajstić information content (AvgIpc) is 2.44. The quantitative estimate of drug-likeness (QED) is 0.254. The van der Waals surface area contributed by atoms with Crippen LogP contribution in [0.2, 0.25) is 0 Å². The van der Waals surface area contributed by atoms with E-state index in [4.69, 9.17) is 9.84 Å². The van der Waals surface area contributed by atoms with E-state index < -0.39 is 42.3 Å². The van der Waals surface area contributed by atoms with Crippen LogP contribution in [0.25, 0.3) is 0 Å². The molecule has 0 radical (unpaired) electrons. The van der Waals surface area contributed by atoms with E-state index in [1.165, 1.54) is 0 Å². The number of hydrogen-bond donors (Lipinski definition) is 6. The summed E-state index contributed by atoms with van der Waals surface area (Å²) >= 11 is 0. The van der Waals surface area contributed by atoms with E-state index in [1.54, 1.807) is 20.8 Å². The summed E-state index contributed by atoms with van der Waals surface area (Å²) in [5.41, 5.74) is -0.663. The fourth-order valence-electron chi connectivity index (χ4n) is 1.25. The van der Waals surface area contributed by atoms with Gasteiger partial charge in [-0.3, -0.25) is 19.7 Å². The van der Waals surface area contributed by atoms with E-state index in [9.17, 15) is 24.3 Å². The van der Waals surface area contributed by atoms with Crippen LogP contribution in [-0.4, -0.2) is 72.1 Å². The number of aliphatic carboxylic acids is 1. The van der Waals surface area contributed by atoms with Gasteiger partial charge in [0.2, 0.25) is 11.8 Å². The van der Waals surface area contributed by atoms with E-state index in [0.717, 1.165) is 0 Å². The number of alkyl carbamates (subject to hydrolysis) is 1. The summed E-state index contributed by atoms with van der Waals surface area (Å²) in [6.07, 6.45) is -1.90. The minimum atomic E-state index is -1.20. The largest absolute Gasteiger partial charge is 0.480 e. The van der Waals surface area contributed by atoms with Crippen LogP contribution in [0.15, 0.2) is 0 Å². The first-order chi connectivity index (χ1) is 11.0. The van der Waals surface area contributed by atoms with Crippen molar-refractivity contribution in [1.29, 1.82) is 0 Å². The normalized spacial score (nSPS) is 12.0. The highest BCUT2D eigenvalue weighted by Gasteiger charge is 2.17.